The fourth-order valence-electron chi connectivity index (χ4n) is 1.90. The van der Waals surface area contributed by atoms with E-state index in [-0.39, 0.29) is 11.0 Å². The molecule has 0 saturated carbocycles. The van der Waals surface area contributed by atoms with Crippen LogP contribution >= 0.6 is 57.7 Å². The lowest BCUT2D eigenvalue weighted by Gasteiger charge is -2.08. The van der Waals surface area contributed by atoms with Gasteiger partial charge in [-0.1, -0.05) is 35.1 Å². The molecular formula is C15H9ClIN3OS2. The fraction of sp³-hybridized carbons (Fsp3) is 0. The van der Waals surface area contributed by atoms with E-state index in [4.69, 9.17) is 23.8 Å². The molecule has 0 aliphatic carbocycles. The number of carbonyl (C=O) groups excluding carboxylic acids is 1. The van der Waals surface area contributed by atoms with Crippen LogP contribution in [0.5, 0.6) is 0 Å². The van der Waals surface area contributed by atoms with Gasteiger partial charge in [-0.3, -0.25) is 10.1 Å². The topological polar surface area (TPSA) is 54.0 Å². The first-order chi connectivity index (χ1) is 11.0. The summed E-state index contributed by atoms with van der Waals surface area (Å²) >= 11 is 14.8. The number of hydrogen-bond acceptors (Lipinski definition) is 4. The van der Waals surface area contributed by atoms with E-state index < -0.39 is 0 Å². The number of amides is 1. The number of para-hydroxylation sites is 1. The number of nitrogens with zero attached hydrogens (tertiary/aromatic N) is 1. The standard InChI is InChI=1S/C15H9ClIN3OS2/c16-10-6-5-8(17)7-9(10)13(21)19-14(22)20-15-18-11-3-1-2-4-12(11)23-15/h1-7H,(H2,18,19,20,21,22). The van der Waals surface area contributed by atoms with Crippen LogP contribution in [0.15, 0.2) is 42.5 Å². The summed E-state index contributed by atoms with van der Waals surface area (Å²) in [5.74, 6) is -0.355. The van der Waals surface area contributed by atoms with Crippen molar-refractivity contribution in [2.45, 2.75) is 0 Å². The third-order valence-electron chi connectivity index (χ3n) is 2.91. The van der Waals surface area contributed by atoms with Gasteiger partial charge in [0.1, 0.15) is 0 Å². The maximum atomic E-state index is 12.2. The van der Waals surface area contributed by atoms with Gasteiger partial charge < -0.3 is 5.32 Å². The quantitative estimate of drug-likeness (QED) is 0.419. The molecule has 1 amide bonds. The van der Waals surface area contributed by atoms with Gasteiger partial charge in [-0.2, -0.15) is 0 Å². The van der Waals surface area contributed by atoms with Crippen LogP contribution in [0.3, 0.4) is 0 Å². The minimum absolute atomic E-state index is 0.184. The molecule has 0 unspecified atom stereocenters. The average Bonchev–Trinajstić information content (AvgIpc) is 2.91. The summed E-state index contributed by atoms with van der Waals surface area (Å²) in [4.78, 5) is 16.7. The molecule has 0 aliphatic heterocycles. The Morgan fingerprint density at radius 1 is 1.26 bits per heavy atom. The molecular weight excluding hydrogens is 465 g/mol. The molecule has 4 nitrogen and oxygen atoms in total. The van der Waals surface area contributed by atoms with Crippen molar-refractivity contribution >= 4 is 84.1 Å². The zero-order chi connectivity index (χ0) is 16.4. The van der Waals surface area contributed by atoms with Crippen molar-refractivity contribution in [2.75, 3.05) is 5.32 Å². The number of fused-ring (bicyclic) bond motifs is 1. The first-order valence-electron chi connectivity index (χ1n) is 6.46. The van der Waals surface area contributed by atoms with Crippen LogP contribution in [0.1, 0.15) is 10.4 Å². The molecule has 0 fully saturated rings. The highest BCUT2D eigenvalue weighted by Crippen LogP contribution is 2.25. The van der Waals surface area contributed by atoms with E-state index in [0.29, 0.717) is 15.7 Å². The number of benzene rings is 2. The summed E-state index contributed by atoms with van der Waals surface area (Å²) in [5, 5.41) is 6.74. The Balaban J connectivity index is 1.71. The highest BCUT2D eigenvalue weighted by Gasteiger charge is 2.13. The number of hydrogen-bond donors (Lipinski definition) is 2. The molecule has 2 aromatic carbocycles. The second-order valence-electron chi connectivity index (χ2n) is 4.52. The van der Waals surface area contributed by atoms with Gasteiger partial charge in [0.25, 0.3) is 5.91 Å². The average molecular weight is 474 g/mol. The summed E-state index contributed by atoms with van der Waals surface area (Å²) < 4.78 is 1.96. The van der Waals surface area contributed by atoms with E-state index in [2.05, 4.69) is 38.2 Å². The van der Waals surface area contributed by atoms with Gasteiger partial charge in [0, 0.05) is 3.57 Å². The summed E-state index contributed by atoms with van der Waals surface area (Å²) in [6, 6.07) is 13.0. The SMILES string of the molecule is O=C(NC(=S)Nc1nc2ccccc2s1)c1cc(I)ccc1Cl. The second-order valence-corrected chi connectivity index (χ2v) is 7.61. The Labute approximate surface area is 160 Å². The largest absolute Gasteiger partial charge is 0.308 e. The molecule has 8 heteroatoms. The number of thiazole rings is 1. The van der Waals surface area contributed by atoms with Gasteiger partial charge in [-0.15, -0.1) is 0 Å². The van der Waals surface area contributed by atoms with E-state index in [9.17, 15) is 4.79 Å². The molecule has 0 bridgehead atoms. The van der Waals surface area contributed by atoms with Gasteiger partial charge in [0.2, 0.25) is 0 Å². The van der Waals surface area contributed by atoms with Gasteiger partial charge in [-0.25, -0.2) is 4.98 Å². The van der Waals surface area contributed by atoms with E-state index in [1.807, 2.05) is 30.3 Å². The monoisotopic (exact) mass is 473 g/mol. The van der Waals surface area contributed by atoms with E-state index >= 15 is 0 Å². The van der Waals surface area contributed by atoms with Crippen molar-refractivity contribution in [1.82, 2.24) is 10.3 Å². The second kappa shape index (κ2) is 7.08. The molecule has 1 heterocycles. The number of thiocarbonyl (C=S) groups is 1. The highest BCUT2D eigenvalue weighted by molar-refractivity contribution is 14.1. The van der Waals surface area contributed by atoms with Crippen molar-refractivity contribution in [1.29, 1.82) is 0 Å². The predicted octanol–water partition coefficient (Wildman–Crippen LogP) is 4.68. The number of halogens is 2. The van der Waals surface area contributed by atoms with Crippen molar-refractivity contribution in [2.24, 2.45) is 0 Å². The maximum Gasteiger partial charge on any atom is 0.258 e. The number of rotatable bonds is 2. The third kappa shape index (κ3) is 3.97. The number of aromatic nitrogens is 1. The van der Waals surface area contributed by atoms with Crippen molar-refractivity contribution in [3.8, 4) is 0 Å². The van der Waals surface area contributed by atoms with Crippen molar-refractivity contribution < 1.29 is 4.79 Å². The zero-order valence-corrected chi connectivity index (χ0v) is 16.0. The maximum absolute atomic E-state index is 12.2. The summed E-state index contributed by atoms with van der Waals surface area (Å²) in [5.41, 5.74) is 1.27. The molecule has 0 spiro atoms. The molecule has 116 valence electrons. The van der Waals surface area contributed by atoms with Crippen LogP contribution in [0.2, 0.25) is 5.02 Å². The summed E-state index contributed by atoms with van der Waals surface area (Å²) in [7, 11) is 0. The van der Waals surface area contributed by atoms with Crippen molar-refractivity contribution in [3.63, 3.8) is 0 Å². The Hall–Kier alpha value is -1.29. The molecule has 2 N–H and O–H groups in total. The van der Waals surface area contributed by atoms with Gasteiger partial charge in [0.15, 0.2) is 10.2 Å². The molecule has 3 rings (SSSR count). The van der Waals surface area contributed by atoms with Crippen LogP contribution in [-0.2, 0) is 0 Å². The molecule has 0 aliphatic rings. The van der Waals surface area contributed by atoms with Crippen LogP contribution in [0.25, 0.3) is 10.2 Å². The molecule has 1 aromatic heterocycles. The lowest BCUT2D eigenvalue weighted by atomic mass is 10.2. The smallest absolute Gasteiger partial charge is 0.258 e. The Kier molecular flexibility index (Phi) is 5.10. The highest BCUT2D eigenvalue weighted by atomic mass is 127. The molecule has 23 heavy (non-hydrogen) atoms. The number of anilines is 1. The van der Waals surface area contributed by atoms with Gasteiger partial charge in [-0.05, 0) is 65.1 Å². The van der Waals surface area contributed by atoms with Crippen LogP contribution < -0.4 is 10.6 Å². The fourth-order valence-corrected chi connectivity index (χ4v) is 3.71. The van der Waals surface area contributed by atoms with Gasteiger partial charge >= 0.3 is 0 Å². The lowest BCUT2D eigenvalue weighted by molar-refractivity contribution is 0.0978. The third-order valence-corrected chi connectivity index (χ3v) is 5.07. The van der Waals surface area contributed by atoms with E-state index in [1.54, 1.807) is 12.1 Å². The molecule has 3 aromatic rings. The Morgan fingerprint density at radius 3 is 2.83 bits per heavy atom. The minimum Gasteiger partial charge on any atom is -0.308 e. The lowest BCUT2D eigenvalue weighted by Crippen LogP contribution is -2.34. The predicted molar refractivity (Wildman–Crippen MR) is 107 cm³/mol. The normalized spacial score (nSPS) is 10.5. The summed E-state index contributed by atoms with van der Waals surface area (Å²) in [6.07, 6.45) is 0. The first-order valence-corrected chi connectivity index (χ1v) is 9.14. The van der Waals surface area contributed by atoms with Crippen LogP contribution in [0, 0.1) is 3.57 Å². The van der Waals surface area contributed by atoms with Crippen LogP contribution in [-0.4, -0.2) is 16.0 Å². The first kappa shape index (κ1) is 16.6. The van der Waals surface area contributed by atoms with Crippen molar-refractivity contribution in [3.05, 3.63) is 56.6 Å². The minimum atomic E-state index is -0.355. The van der Waals surface area contributed by atoms with Crippen LogP contribution in [0.4, 0.5) is 5.13 Å². The Morgan fingerprint density at radius 2 is 2.04 bits per heavy atom. The summed E-state index contributed by atoms with van der Waals surface area (Å²) in [6.45, 7) is 0. The molecule has 0 radical (unpaired) electrons. The Bertz CT molecular complexity index is 880. The zero-order valence-electron chi connectivity index (χ0n) is 11.5. The van der Waals surface area contributed by atoms with E-state index in [0.717, 1.165) is 13.8 Å². The van der Waals surface area contributed by atoms with E-state index in [1.165, 1.54) is 11.3 Å². The molecule has 0 saturated heterocycles. The number of nitrogens with one attached hydrogen (secondary N) is 2. The molecule has 0 atom stereocenters. The van der Waals surface area contributed by atoms with Gasteiger partial charge in [0.05, 0.1) is 20.8 Å². The number of carbonyl (C=O) groups is 1.